The molecule has 0 aliphatic carbocycles. The lowest BCUT2D eigenvalue weighted by atomic mass is 9.92. The van der Waals surface area contributed by atoms with Crippen molar-refractivity contribution in [1.82, 2.24) is 10.2 Å². The van der Waals surface area contributed by atoms with Gasteiger partial charge in [-0.25, -0.2) is 0 Å². The van der Waals surface area contributed by atoms with E-state index in [2.05, 4.69) is 26.1 Å². The molecule has 0 aliphatic rings. The second-order valence-electron chi connectivity index (χ2n) is 5.45. The van der Waals surface area contributed by atoms with E-state index < -0.39 is 0 Å². The molecule has 1 N–H and O–H groups in total. The molecule has 0 aromatic rings. The first-order valence-electron chi connectivity index (χ1n) is 5.69. The number of carbonyl (C=O) groups is 2. The third-order valence-corrected chi connectivity index (χ3v) is 2.26. The molecule has 0 bridgehead atoms. The average molecular weight is 228 g/mol. The molecule has 0 spiro atoms. The summed E-state index contributed by atoms with van der Waals surface area (Å²) in [4.78, 5) is 24.1. The van der Waals surface area contributed by atoms with Crippen LogP contribution < -0.4 is 5.32 Å². The Bertz CT molecular complexity index is 242. The topological polar surface area (TPSA) is 49.4 Å². The maximum atomic E-state index is 11.4. The maximum absolute atomic E-state index is 11.4. The summed E-state index contributed by atoms with van der Waals surface area (Å²) < 4.78 is 0. The Morgan fingerprint density at radius 3 is 2.12 bits per heavy atom. The fourth-order valence-electron chi connectivity index (χ4n) is 1.11. The molecule has 94 valence electrons. The summed E-state index contributed by atoms with van der Waals surface area (Å²) in [7, 11) is 3.39. The van der Waals surface area contributed by atoms with Crippen LogP contribution in [0.25, 0.3) is 0 Å². The van der Waals surface area contributed by atoms with Crippen molar-refractivity contribution >= 4 is 11.8 Å². The molecule has 0 fully saturated rings. The molecule has 2 amide bonds. The van der Waals surface area contributed by atoms with Crippen LogP contribution in [0.15, 0.2) is 0 Å². The Balaban J connectivity index is 3.64. The van der Waals surface area contributed by atoms with Crippen LogP contribution in [-0.4, -0.2) is 37.4 Å². The van der Waals surface area contributed by atoms with Gasteiger partial charge in [0.25, 0.3) is 0 Å². The number of rotatable bonds is 5. The van der Waals surface area contributed by atoms with E-state index in [4.69, 9.17) is 0 Å². The van der Waals surface area contributed by atoms with Crippen molar-refractivity contribution in [3.63, 3.8) is 0 Å². The minimum absolute atomic E-state index is 0.00836. The zero-order valence-corrected chi connectivity index (χ0v) is 11.1. The second-order valence-corrected chi connectivity index (χ2v) is 5.45. The number of nitrogens with zero attached hydrogens (tertiary/aromatic N) is 1. The fraction of sp³-hybridized carbons (Fsp3) is 0.833. The molecule has 0 saturated carbocycles. The van der Waals surface area contributed by atoms with Crippen LogP contribution in [0.5, 0.6) is 0 Å². The fourth-order valence-corrected chi connectivity index (χ4v) is 1.11. The van der Waals surface area contributed by atoms with Crippen molar-refractivity contribution in [1.29, 1.82) is 0 Å². The molecule has 0 rings (SSSR count). The lowest BCUT2D eigenvalue weighted by Crippen LogP contribution is -2.29. The monoisotopic (exact) mass is 228 g/mol. The summed E-state index contributed by atoms with van der Waals surface area (Å²) in [5, 5.41) is 2.82. The molecule has 0 atom stereocenters. The standard InChI is InChI=1S/C12H24N2O2/c1-12(2,3)8-9-13-10(15)6-7-11(16)14(4)5/h6-9H2,1-5H3,(H,13,15). The molecule has 4 nitrogen and oxygen atoms in total. The van der Waals surface area contributed by atoms with E-state index in [-0.39, 0.29) is 30.1 Å². The Hall–Kier alpha value is -1.06. The summed E-state index contributed by atoms with van der Waals surface area (Å²) in [6, 6.07) is 0. The number of hydrogen-bond acceptors (Lipinski definition) is 2. The van der Waals surface area contributed by atoms with E-state index in [1.54, 1.807) is 14.1 Å². The van der Waals surface area contributed by atoms with Gasteiger partial charge in [0.2, 0.25) is 11.8 Å². The summed E-state index contributed by atoms with van der Waals surface area (Å²) in [5.74, 6) is -0.0505. The first-order valence-corrected chi connectivity index (χ1v) is 5.69. The van der Waals surface area contributed by atoms with Gasteiger partial charge in [-0.3, -0.25) is 9.59 Å². The van der Waals surface area contributed by atoms with E-state index in [0.29, 0.717) is 6.54 Å². The third-order valence-electron chi connectivity index (χ3n) is 2.26. The van der Waals surface area contributed by atoms with E-state index in [1.807, 2.05) is 0 Å². The van der Waals surface area contributed by atoms with Crippen molar-refractivity contribution in [3.8, 4) is 0 Å². The zero-order valence-electron chi connectivity index (χ0n) is 11.1. The Morgan fingerprint density at radius 1 is 1.12 bits per heavy atom. The first-order chi connectivity index (χ1) is 7.22. The van der Waals surface area contributed by atoms with Crippen LogP contribution in [-0.2, 0) is 9.59 Å². The molecule has 0 radical (unpaired) electrons. The van der Waals surface area contributed by atoms with Gasteiger partial charge in [-0.05, 0) is 11.8 Å². The Morgan fingerprint density at radius 2 is 1.69 bits per heavy atom. The molecule has 0 aromatic heterocycles. The predicted molar refractivity (Wildman–Crippen MR) is 65.0 cm³/mol. The number of amides is 2. The van der Waals surface area contributed by atoms with Gasteiger partial charge in [0.15, 0.2) is 0 Å². The van der Waals surface area contributed by atoms with E-state index in [1.165, 1.54) is 4.90 Å². The van der Waals surface area contributed by atoms with Gasteiger partial charge in [-0.15, -0.1) is 0 Å². The quantitative estimate of drug-likeness (QED) is 0.773. The summed E-state index contributed by atoms with van der Waals surface area (Å²) in [6.07, 6.45) is 1.51. The van der Waals surface area contributed by atoms with E-state index in [0.717, 1.165) is 6.42 Å². The molecule has 16 heavy (non-hydrogen) atoms. The molecule has 0 unspecified atom stereocenters. The largest absolute Gasteiger partial charge is 0.356 e. The summed E-state index contributed by atoms with van der Waals surface area (Å²) in [6.45, 7) is 7.08. The highest BCUT2D eigenvalue weighted by Gasteiger charge is 2.11. The number of nitrogens with one attached hydrogen (secondary N) is 1. The van der Waals surface area contributed by atoms with Gasteiger partial charge in [-0.1, -0.05) is 20.8 Å². The molecule has 0 saturated heterocycles. The average Bonchev–Trinajstić information content (AvgIpc) is 2.11. The molecule has 4 heteroatoms. The predicted octanol–water partition coefficient (Wildman–Crippen LogP) is 1.41. The molecule has 0 heterocycles. The normalized spacial score (nSPS) is 11.1. The van der Waals surface area contributed by atoms with Gasteiger partial charge in [-0.2, -0.15) is 0 Å². The smallest absolute Gasteiger partial charge is 0.222 e. The minimum Gasteiger partial charge on any atom is -0.356 e. The SMILES string of the molecule is CN(C)C(=O)CCC(=O)NCCC(C)(C)C. The van der Waals surface area contributed by atoms with Gasteiger partial charge in [0.05, 0.1) is 0 Å². The van der Waals surface area contributed by atoms with Gasteiger partial charge in [0.1, 0.15) is 0 Å². The Kier molecular flexibility index (Phi) is 6.08. The van der Waals surface area contributed by atoms with Crippen molar-refractivity contribution in [2.45, 2.75) is 40.0 Å². The first kappa shape index (κ1) is 14.9. The van der Waals surface area contributed by atoms with Crippen LogP contribution in [0.1, 0.15) is 40.0 Å². The van der Waals surface area contributed by atoms with Crippen molar-refractivity contribution in [2.24, 2.45) is 5.41 Å². The van der Waals surface area contributed by atoms with Crippen LogP contribution in [0.2, 0.25) is 0 Å². The van der Waals surface area contributed by atoms with Crippen LogP contribution in [0.3, 0.4) is 0 Å². The highest BCUT2D eigenvalue weighted by Crippen LogP contribution is 2.16. The number of carbonyl (C=O) groups excluding carboxylic acids is 2. The molecular weight excluding hydrogens is 204 g/mol. The highest BCUT2D eigenvalue weighted by atomic mass is 16.2. The van der Waals surface area contributed by atoms with Crippen LogP contribution in [0.4, 0.5) is 0 Å². The summed E-state index contributed by atoms with van der Waals surface area (Å²) >= 11 is 0. The number of hydrogen-bond donors (Lipinski definition) is 1. The molecular formula is C12H24N2O2. The van der Waals surface area contributed by atoms with Gasteiger partial charge < -0.3 is 10.2 Å². The van der Waals surface area contributed by atoms with Crippen molar-refractivity contribution < 1.29 is 9.59 Å². The maximum Gasteiger partial charge on any atom is 0.222 e. The van der Waals surface area contributed by atoms with Crippen molar-refractivity contribution in [3.05, 3.63) is 0 Å². The van der Waals surface area contributed by atoms with Crippen LogP contribution >= 0.6 is 0 Å². The van der Waals surface area contributed by atoms with E-state index >= 15 is 0 Å². The lowest BCUT2D eigenvalue weighted by Gasteiger charge is -2.18. The molecule has 0 aliphatic heterocycles. The zero-order chi connectivity index (χ0) is 12.8. The van der Waals surface area contributed by atoms with Gasteiger partial charge >= 0.3 is 0 Å². The minimum atomic E-state index is -0.0422. The summed E-state index contributed by atoms with van der Waals surface area (Å²) in [5.41, 5.74) is 0.229. The Labute approximate surface area is 98.4 Å². The van der Waals surface area contributed by atoms with Crippen molar-refractivity contribution in [2.75, 3.05) is 20.6 Å². The van der Waals surface area contributed by atoms with E-state index in [9.17, 15) is 9.59 Å². The lowest BCUT2D eigenvalue weighted by molar-refractivity contribution is -0.131. The second kappa shape index (κ2) is 6.51. The van der Waals surface area contributed by atoms with Gasteiger partial charge in [0, 0.05) is 33.5 Å². The van der Waals surface area contributed by atoms with Crippen LogP contribution in [0, 0.1) is 5.41 Å². The molecule has 0 aromatic carbocycles. The third kappa shape index (κ3) is 8.26. The highest BCUT2D eigenvalue weighted by molar-refractivity contribution is 5.83.